The number of hydrogen-bond donors (Lipinski definition) is 3. The van der Waals surface area contributed by atoms with E-state index in [4.69, 9.17) is 4.42 Å². The summed E-state index contributed by atoms with van der Waals surface area (Å²) in [6.07, 6.45) is 1.57. The summed E-state index contributed by atoms with van der Waals surface area (Å²) in [6, 6.07) is 16.9. The molecular formula is C32H37N3O6. The van der Waals surface area contributed by atoms with Crippen LogP contribution in [0.5, 0.6) is 0 Å². The zero-order valence-corrected chi connectivity index (χ0v) is 23.5. The summed E-state index contributed by atoms with van der Waals surface area (Å²) in [5, 5.41) is 8.94. The van der Waals surface area contributed by atoms with E-state index in [0.717, 1.165) is 17.4 Å². The van der Waals surface area contributed by atoms with Crippen LogP contribution in [0.25, 0.3) is 11.0 Å². The first-order valence-electron chi connectivity index (χ1n) is 14.2. The lowest BCUT2D eigenvalue weighted by Gasteiger charge is -2.27. The molecular weight excluding hydrogens is 522 g/mol. The van der Waals surface area contributed by atoms with Gasteiger partial charge in [-0.25, -0.2) is 0 Å². The minimum absolute atomic E-state index is 0.00107. The SMILES string of the molecule is CC(C)C[C@H](CC(=O)c1cc2ccccc2o1)C(=O)N[C@@H](C[C@@H]1CCCNC1=O)C(=O)C(=O)NCc1ccccc1. The second-order valence-electron chi connectivity index (χ2n) is 11.1. The second kappa shape index (κ2) is 13.9. The van der Waals surface area contributed by atoms with Crippen molar-refractivity contribution in [2.24, 2.45) is 17.8 Å². The maximum Gasteiger partial charge on any atom is 0.289 e. The van der Waals surface area contributed by atoms with E-state index in [-0.39, 0.29) is 42.8 Å². The average molecular weight is 560 g/mol. The van der Waals surface area contributed by atoms with Crippen molar-refractivity contribution >= 4 is 40.3 Å². The zero-order valence-electron chi connectivity index (χ0n) is 23.5. The van der Waals surface area contributed by atoms with Gasteiger partial charge in [-0.3, -0.25) is 24.0 Å². The normalized spacial score (nSPS) is 16.6. The van der Waals surface area contributed by atoms with Gasteiger partial charge >= 0.3 is 0 Å². The van der Waals surface area contributed by atoms with E-state index in [9.17, 15) is 24.0 Å². The number of benzene rings is 2. The molecule has 1 fully saturated rings. The highest BCUT2D eigenvalue weighted by atomic mass is 16.3. The van der Waals surface area contributed by atoms with Crippen molar-refractivity contribution in [1.29, 1.82) is 0 Å². The van der Waals surface area contributed by atoms with Gasteiger partial charge in [0.15, 0.2) is 11.5 Å². The first-order valence-corrected chi connectivity index (χ1v) is 14.2. The third-order valence-electron chi connectivity index (χ3n) is 7.33. The molecule has 9 heteroatoms. The number of carbonyl (C=O) groups is 5. The number of hydrogen-bond acceptors (Lipinski definition) is 6. The molecule has 0 saturated carbocycles. The summed E-state index contributed by atoms with van der Waals surface area (Å²) in [5.41, 5.74) is 1.40. The monoisotopic (exact) mass is 559 g/mol. The minimum Gasteiger partial charge on any atom is -0.453 e. The number of fused-ring (bicyclic) bond motifs is 1. The number of piperidine rings is 1. The van der Waals surface area contributed by atoms with Crippen LogP contribution in [0, 0.1) is 17.8 Å². The number of Topliss-reactive ketones (excluding diaryl/α,β-unsaturated/α-hetero) is 2. The number of carbonyl (C=O) groups excluding carboxylic acids is 5. The predicted molar refractivity (Wildman–Crippen MR) is 154 cm³/mol. The van der Waals surface area contributed by atoms with Gasteiger partial charge in [-0.05, 0) is 49.3 Å². The lowest BCUT2D eigenvalue weighted by atomic mass is 9.88. The molecule has 0 unspecified atom stereocenters. The van der Waals surface area contributed by atoms with Crippen LogP contribution in [0.4, 0.5) is 0 Å². The Morgan fingerprint density at radius 2 is 1.76 bits per heavy atom. The molecule has 0 bridgehead atoms. The fourth-order valence-corrected chi connectivity index (χ4v) is 5.19. The highest BCUT2D eigenvalue weighted by Crippen LogP contribution is 2.24. The summed E-state index contributed by atoms with van der Waals surface area (Å²) in [5.74, 6) is -3.70. The van der Waals surface area contributed by atoms with Crippen LogP contribution in [0.1, 0.15) is 62.1 Å². The van der Waals surface area contributed by atoms with E-state index in [1.54, 1.807) is 12.1 Å². The standard InChI is InChI=1S/C32H37N3O6/c1-20(2)15-24(17-26(36)28-18-22-11-6-7-13-27(22)41-28)31(39)35-25(16-23-12-8-14-33-30(23)38)29(37)32(40)34-19-21-9-4-3-5-10-21/h3-7,9-11,13,18,20,23-25H,8,12,14-17,19H2,1-2H3,(H,33,38)(H,34,40)(H,35,39)/t23-,24+,25-/m0/s1. The van der Waals surface area contributed by atoms with Crippen molar-refractivity contribution in [2.75, 3.05) is 6.54 Å². The Bertz CT molecular complexity index is 1360. The third-order valence-corrected chi connectivity index (χ3v) is 7.33. The third kappa shape index (κ3) is 8.13. The number of amides is 3. The molecule has 4 rings (SSSR count). The molecule has 1 aliphatic rings. The quantitative estimate of drug-likeness (QED) is 0.214. The molecule has 3 atom stereocenters. The molecule has 0 spiro atoms. The number of furan rings is 1. The Morgan fingerprint density at radius 1 is 1.02 bits per heavy atom. The minimum atomic E-state index is -1.21. The average Bonchev–Trinajstić information content (AvgIpc) is 3.41. The highest BCUT2D eigenvalue weighted by Gasteiger charge is 2.35. The van der Waals surface area contributed by atoms with Gasteiger partial charge in [0.2, 0.25) is 17.6 Å². The van der Waals surface area contributed by atoms with E-state index in [1.165, 1.54) is 0 Å². The molecule has 2 heterocycles. The second-order valence-corrected chi connectivity index (χ2v) is 11.1. The summed E-state index contributed by atoms with van der Waals surface area (Å²) in [4.78, 5) is 65.4. The van der Waals surface area contributed by atoms with Crippen molar-refractivity contribution < 1.29 is 28.4 Å². The molecule has 9 nitrogen and oxygen atoms in total. The Balaban J connectivity index is 1.49. The lowest BCUT2D eigenvalue weighted by molar-refractivity contribution is -0.141. The number of rotatable bonds is 13. The van der Waals surface area contributed by atoms with Gasteiger partial charge in [0.25, 0.3) is 5.91 Å². The van der Waals surface area contributed by atoms with Crippen molar-refractivity contribution in [1.82, 2.24) is 16.0 Å². The molecule has 41 heavy (non-hydrogen) atoms. The maximum absolute atomic E-state index is 13.6. The van der Waals surface area contributed by atoms with Gasteiger partial charge in [-0.15, -0.1) is 0 Å². The van der Waals surface area contributed by atoms with Crippen LogP contribution in [0.2, 0.25) is 0 Å². The van der Waals surface area contributed by atoms with E-state index in [2.05, 4.69) is 16.0 Å². The molecule has 1 aliphatic heterocycles. The van der Waals surface area contributed by atoms with Gasteiger partial charge in [0, 0.05) is 36.7 Å². The van der Waals surface area contributed by atoms with Crippen LogP contribution in [-0.2, 0) is 25.7 Å². The van der Waals surface area contributed by atoms with Gasteiger partial charge in [0.1, 0.15) is 5.58 Å². The highest BCUT2D eigenvalue weighted by molar-refractivity contribution is 6.38. The molecule has 0 radical (unpaired) electrons. The van der Waals surface area contributed by atoms with Crippen molar-refractivity contribution in [3.05, 3.63) is 72.0 Å². The van der Waals surface area contributed by atoms with E-state index >= 15 is 0 Å². The Kier molecular flexibility index (Phi) is 10.1. The summed E-state index contributed by atoms with van der Waals surface area (Å²) in [6.45, 7) is 4.59. The van der Waals surface area contributed by atoms with Crippen LogP contribution >= 0.6 is 0 Å². The van der Waals surface area contributed by atoms with E-state index < -0.39 is 35.5 Å². The zero-order chi connectivity index (χ0) is 29.4. The Morgan fingerprint density at radius 3 is 2.46 bits per heavy atom. The largest absolute Gasteiger partial charge is 0.453 e. The maximum atomic E-state index is 13.6. The van der Waals surface area contributed by atoms with E-state index in [0.29, 0.717) is 25.0 Å². The molecule has 3 aromatic rings. The summed E-state index contributed by atoms with van der Waals surface area (Å²) in [7, 11) is 0. The number of ketones is 2. The number of nitrogens with one attached hydrogen (secondary N) is 3. The molecule has 3 N–H and O–H groups in total. The molecule has 1 aromatic heterocycles. The van der Waals surface area contributed by atoms with Crippen molar-refractivity contribution in [3.63, 3.8) is 0 Å². The fourth-order valence-electron chi connectivity index (χ4n) is 5.19. The number of para-hydroxylation sites is 1. The molecule has 0 aliphatic carbocycles. The summed E-state index contributed by atoms with van der Waals surface area (Å²) < 4.78 is 5.71. The molecule has 1 saturated heterocycles. The fraction of sp³-hybridized carbons (Fsp3) is 0.406. The molecule has 2 aromatic carbocycles. The van der Waals surface area contributed by atoms with Crippen LogP contribution in [0.3, 0.4) is 0 Å². The molecule has 216 valence electrons. The summed E-state index contributed by atoms with van der Waals surface area (Å²) >= 11 is 0. The van der Waals surface area contributed by atoms with Gasteiger partial charge in [-0.2, -0.15) is 0 Å². The van der Waals surface area contributed by atoms with E-state index in [1.807, 2.05) is 62.4 Å². The topological polar surface area (TPSA) is 135 Å². The first kappa shape index (κ1) is 29.7. The van der Waals surface area contributed by atoms with Crippen LogP contribution in [-0.4, -0.2) is 41.9 Å². The lowest BCUT2D eigenvalue weighted by Crippen LogP contribution is -2.51. The Labute approximate surface area is 239 Å². The Hall–Kier alpha value is -4.27. The van der Waals surface area contributed by atoms with Gasteiger partial charge in [-0.1, -0.05) is 62.4 Å². The van der Waals surface area contributed by atoms with Gasteiger partial charge < -0.3 is 20.4 Å². The van der Waals surface area contributed by atoms with Crippen LogP contribution in [0.15, 0.2) is 65.1 Å². The smallest absolute Gasteiger partial charge is 0.289 e. The van der Waals surface area contributed by atoms with Gasteiger partial charge in [0.05, 0.1) is 6.04 Å². The first-order chi connectivity index (χ1) is 19.7. The van der Waals surface area contributed by atoms with Crippen LogP contribution < -0.4 is 16.0 Å². The predicted octanol–water partition coefficient (Wildman–Crippen LogP) is 3.95. The molecule has 3 amide bonds. The van der Waals surface area contributed by atoms with Crippen molar-refractivity contribution in [2.45, 2.75) is 58.5 Å². The van der Waals surface area contributed by atoms with Crippen molar-refractivity contribution in [3.8, 4) is 0 Å².